The van der Waals surface area contributed by atoms with E-state index in [9.17, 15) is 5.11 Å². The molecule has 2 saturated carbocycles. The van der Waals surface area contributed by atoms with Crippen molar-refractivity contribution in [1.82, 2.24) is 4.90 Å². The zero-order chi connectivity index (χ0) is 23.3. The summed E-state index contributed by atoms with van der Waals surface area (Å²) in [5, 5.41) is 11.4. The van der Waals surface area contributed by atoms with Gasteiger partial charge in [0.2, 0.25) is 0 Å². The van der Waals surface area contributed by atoms with Gasteiger partial charge in [-0.1, -0.05) is 50.5 Å². The summed E-state index contributed by atoms with van der Waals surface area (Å²) in [6.45, 7) is 15.4. The van der Waals surface area contributed by atoms with E-state index in [1.165, 1.54) is 56.2 Å². The minimum atomic E-state index is -0.509. The van der Waals surface area contributed by atoms with E-state index in [-0.39, 0.29) is 5.41 Å². The molecule has 0 aromatic heterocycles. The first kappa shape index (κ1) is 26.7. The van der Waals surface area contributed by atoms with Crippen molar-refractivity contribution in [2.24, 2.45) is 22.7 Å². The van der Waals surface area contributed by atoms with Crippen LogP contribution in [0.4, 0.5) is 0 Å². The predicted octanol–water partition coefficient (Wildman–Crippen LogP) is 7.77. The molecular weight excluding hydrogens is 378 g/mol. The Kier molecular flexibility index (Phi) is 9.47. The molecule has 0 bridgehead atoms. The van der Waals surface area contributed by atoms with Gasteiger partial charge in [-0.15, -0.1) is 0 Å². The lowest BCUT2D eigenvalue weighted by atomic mass is 9.45. The van der Waals surface area contributed by atoms with Crippen molar-refractivity contribution in [2.45, 2.75) is 118 Å². The summed E-state index contributed by atoms with van der Waals surface area (Å²) in [5.41, 5.74) is 3.24. The molecule has 2 rings (SSSR count). The molecule has 0 spiro atoms. The van der Waals surface area contributed by atoms with Crippen molar-refractivity contribution in [3.05, 3.63) is 23.3 Å². The molecule has 0 saturated heterocycles. The lowest BCUT2D eigenvalue weighted by Crippen LogP contribution is -2.57. The van der Waals surface area contributed by atoms with Crippen LogP contribution in [0.3, 0.4) is 0 Å². The monoisotopic (exact) mass is 431 g/mol. The maximum absolute atomic E-state index is 11.4. The maximum atomic E-state index is 11.4. The fraction of sp³-hybridized carbons (Fsp3) is 0.862. The highest BCUT2D eigenvalue weighted by Gasteiger charge is 2.57. The molecule has 0 unspecified atom stereocenters. The minimum absolute atomic E-state index is 0.288. The van der Waals surface area contributed by atoms with Gasteiger partial charge in [0, 0.05) is 0 Å². The van der Waals surface area contributed by atoms with E-state index in [4.69, 9.17) is 0 Å². The van der Waals surface area contributed by atoms with Crippen LogP contribution in [0.1, 0.15) is 112 Å². The van der Waals surface area contributed by atoms with E-state index in [2.05, 4.69) is 72.7 Å². The molecular formula is C29H53NO. The maximum Gasteiger partial charge on any atom is 0.0653 e. The lowest BCUT2D eigenvalue weighted by Gasteiger charge is -2.61. The van der Waals surface area contributed by atoms with E-state index in [1.54, 1.807) is 0 Å². The highest BCUT2D eigenvalue weighted by atomic mass is 16.3. The topological polar surface area (TPSA) is 23.5 Å². The lowest BCUT2D eigenvalue weighted by molar-refractivity contribution is -0.168. The summed E-state index contributed by atoms with van der Waals surface area (Å²) in [4.78, 5) is 2.26. The van der Waals surface area contributed by atoms with Gasteiger partial charge in [0.05, 0.1) is 5.60 Å². The molecule has 2 aliphatic rings. The molecule has 0 heterocycles. The van der Waals surface area contributed by atoms with E-state index in [0.29, 0.717) is 11.3 Å². The summed E-state index contributed by atoms with van der Waals surface area (Å²) >= 11 is 0. The number of nitrogens with zero attached hydrogens (tertiary/aromatic N) is 1. The first-order chi connectivity index (χ1) is 14.4. The average Bonchev–Trinajstić information content (AvgIpc) is 2.63. The van der Waals surface area contributed by atoms with E-state index >= 15 is 0 Å². The van der Waals surface area contributed by atoms with E-state index < -0.39 is 5.60 Å². The summed E-state index contributed by atoms with van der Waals surface area (Å²) in [6.07, 6.45) is 18.1. The molecule has 0 aromatic carbocycles. The SMILES string of the molecule is C/C(=C\CC/C=C(\C)CC[C@@H]1[C@@]2(C)CCCC(C)(C)[C@@H]2CC[C@@]1(C)O)CCCN(C)C. The normalized spacial score (nSPS) is 34.1. The van der Waals surface area contributed by atoms with Crippen LogP contribution < -0.4 is 0 Å². The minimum Gasteiger partial charge on any atom is -0.390 e. The molecule has 180 valence electrons. The predicted molar refractivity (Wildman–Crippen MR) is 136 cm³/mol. The Hall–Kier alpha value is -0.600. The summed E-state index contributed by atoms with van der Waals surface area (Å²) < 4.78 is 0. The summed E-state index contributed by atoms with van der Waals surface area (Å²) in [7, 11) is 4.30. The average molecular weight is 432 g/mol. The highest BCUT2D eigenvalue weighted by molar-refractivity contribution is 5.09. The molecule has 0 radical (unpaired) electrons. The third-order valence-corrected chi connectivity index (χ3v) is 8.92. The number of unbranched alkanes of at least 4 members (excludes halogenated alkanes) is 1. The van der Waals surface area contributed by atoms with Gasteiger partial charge in [0.25, 0.3) is 0 Å². The summed E-state index contributed by atoms with van der Waals surface area (Å²) in [5.74, 6) is 1.17. The Morgan fingerprint density at radius 2 is 1.55 bits per heavy atom. The number of rotatable bonds is 10. The van der Waals surface area contributed by atoms with Crippen LogP contribution in [0.5, 0.6) is 0 Å². The Bertz CT molecular complexity index is 627. The molecule has 0 aromatic rings. The molecule has 1 N–H and O–H groups in total. The smallest absolute Gasteiger partial charge is 0.0653 e. The van der Waals surface area contributed by atoms with Crippen molar-refractivity contribution >= 4 is 0 Å². The van der Waals surface area contributed by atoms with Crippen LogP contribution >= 0.6 is 0 Å². The van der Waals surface area contributed by atoms with Crippen molar-refractivity contribution in [3.63, 3.8) is 0 Å². The molecule has 4 atom stereocenters. The Balaban J connectivity index is 1.89. The first-order valence-electron chi connectivity index (χ1n) is 13.1. The third kappa shape index (κ3) is 7.19. The van der Waals surface area contributed by atoms with Gasteiger partial charge in [-0.05, 0) is 128 Å². The van der Waals surface area contributed by atoms with Gasteiger partial charge in [0.15, 0.2) is 0 Å². The Morgan fingerprint density at radius 3 is 2.16 bits per heavy atom. The Morgan fingerprint density at radius 1 is 0.935 bits per heavy atom. The van der Waals surface area contributed by atoms with Gasteiger partial charge < -0.3 is 10.0 Å². The van der Waals surface area contributed by atoms with Gasteiger partial charge in [-0.25, -0.2) is 0 Å². The van der Waals surface area contributed by atoms with E-state index in [1.807, 2.05) is 0 Å². The van der Waals surface area contributed by atoms with Crippen LogP contribution in [-0.4, -0.2) is 36.2 Å². The van der Waals surface area contributed by atoms with Crippen molar-refractivity contribution in [1.29, 1.82) is 0 Å². The Labute approximate surface area is 194 Å². The standard InChI is InChI=1S/C29H53NO/c1-23(15-11-22-30(7)8)13-9-10-14-24(2)16-17-26-28(5)20-12-19-27(3,4)25(28)18-21-29(26,6)31/h13-14,25-26,31H,9-12,15-22H2,1-8H3/b23-13+,24-14+/t25-,26+,28-,29+/m0/s1. The number of aliphatic hydroxyl groups is 1. The molecule has 2 aliphatic carbocycles. The quantitative estimate of drug-likeness (QED) is 0.282. The van der Waals surface area contributed by atoms with Crippen LogP contribution in [0, 0.1) is 22.7 Å². The second kappa shape index (κ2) is 11.0. The summed E-state index contributed by atoms with van der Waals surface area (Å²) in [6, 6.07) is 0. The number of allylic oxidation sites excluding steroid dienone is 4. The van der Waals surface area contributed by atoms with Gasteiger partial charge in [0.1, 0.15) is 0 Å². The number of fused-ring (bicyclic) bond motifs is 1. The van der Waals surface area contributed by atoms with Gasteiger partial charge >= 0.3 is 0 Å². The van der Waals surface area contributed by atoms with E-state index in [0.717, 1.165) is 38.0 Å². The molecule has 2 nitrogen and oxygen atoms in total. The largest absolute Gasteiger partial charge is 0.390 e. The fourth-order valence-corrected chi connectivity index (χ4v) is 7.18. The molecule has 0 aliphatic heterocycles. The fourth-order valence-electron chi connectivity index (χ4n) is 7.18. The van der Waals surface area contributed by atoms with Crippen LogP contribution in [0.25, 0.3) is 0 Å². The molecule has 2 fully saturated rings. The van der Waals surface area contributed by atoms with Crippen LogP contribution in [0.2, 0.25) is 0 Å². The first-order valence-corrected chi connectivity index (χ1v) is 13.1. The van der Waals surface area contributed by atoms with Gasteiger partial charge in [-0.3, -0.25) is 0 Å². The third-order valence-electron chi connectivity index (χ3n) is 8.92. The second-order valence-electron chi connectivity index (χ2n) is 12.5. The number of hydrogen-bond acceptors (Lipinski definition) is 2. The van der Waals surface area contributed by atoms with Gasteiger partial charge in [-0.2, -0.15) is 0 Å². The van der Waals surface area contributed by atoms with Crippen LogP contribution in [0.15, 0.2) is 23.3 Å². The highest BCUT2D eigenvalue weighted by Crippen LogP contribution is 2.63. The molecule has 0 amide bonds. The van der Waals surface area contributed by atoms with Crippen molar-refractivity contribution in [2.75, 3.05) is 20.6 Å². The van der Waals surface area contributed by atoms with Crippen LogP contribution in [-0.2, 0) is 0 Å². The zero-order valence-electron chi connectivity index (χ0n) is 22.2. The van der Waals surface area contributed by atoms with Crippen molar-refractivity contribution in [3.8, 4) is 0 Å². The number of hydrogen-bond donors (Lipinski definition) is 1. The molecule has 31 heavy (non-hydrogen) atoms. The molecule has 2 heteroatoms. The van der Waals surface area contributed by atoms with Crippen molar-refractivity contribution < 1.29 is 5.11 Å². The zero-order valence-corrected chi connectivity index (χ0v) is 22.2. The second-order valence-corrected chi connectivity index (χ2v) is 12.5.